The maximum Gasteiger partial charge on any atom is 0.0431 e. The van der Waals surface area contributed by atoms with Gasteiger partial charge in [0.2, 0.25) is 0 Å². The zero-order chi connectivity index (χ0) is 14.9. The number of rotatable bonds is 10. The number of aryl methyl sites for hydroxylation is 1. The van der Waals surface area contributed by atoms with E-state index in [2.05, 4.69) is 11.9 Å². The van der Waals surface area contributed by atoms with Crippen molar-refractivity contribution in [1.29, 1.82) is 0 Å². The van der Waals surface area contributed by atoms with E-state index in [4.69, 9.17) is 5.11 Å². The van der Waals surface area contributed by atoms with Crippen LogP contribution in [-0.4, -0.2) is 16.7 Å². The summed E-state index contributed by atoms with van der Waals surface area (Å²) in [6, 6.07) is 5.86. The Hall–Kier alpha value is -0.890. The van der Waals surface area contributed by atoms with Crippen LogP contribution in [0, 0.1) is 6.92 Å². The molecule has 0 aromatic carbocycles. The molecule has 1 rings (SSSR count). The summed E-state index contributed by atoms with van der Waals surface area (Å²) in [6.07, 6.45) is 15.1. The van der Waals surface area contributed by atoms with Gasteiger partial charge in [-0.15, -0.1) is 0 Å². The van der Waals surface area contributed by atoms with Gasteiger partial charge in [0.05, 0.1) is 0 Å². The molecule has 0 unspecified atom stereocenters. The van der Waals surface area contributed by atoms with Crippen molar-refractivity contribution < 1.29 is 5.11 Å². The number of unbranched alkanes of at least 4 members (excludes halogenated alkanes) is 9. The van der Waals surface area contributed by atoms with E-state index >= 15 is 0 Å². The second kappa shape index (κ2) is 16.2. The molecule has 20 heavy (non-hydrogen) atoms. The molecule has 1 N–H and O–H groups in total. The van der Waals surface area contributed by atoms with Gasteiger partial charge < -0.3 is 5.11 Å². The first-order valence-corrected chi connectivity index (χ1v) is 8.29. The van der Waals surface area contributed by atoms with Crippen LogP contribution in [0.4, 0.5) is 0 Å². The highest BCUT2D eigenvalue weighted by molar-refractivity contribution is 4.99. The molecule has 2 nitrogen and oxygen atoms in total. The maximum absolute atomic E-state index is 8.57. The number of nitrogens with zero attached hydrogens (tertiary/aromatic N) is 1. The Morgan fingerprint density at radius 1 is 0.850 bits per heavy atom. The van der Waals surface area contributed by atoms with Crippen molar-refractivity contribution in [2.24, 2.45) is 0 Å². The first kappa shape index (κ1) is 19.1. The fourth-order valence-electron chi connectivity index (χ4n) is 2.05. The van der Waals surface area contributed by atoms with E-state index < -0.39 is 0 Å². The van der Waals surface area contributed by atoms with Gasteiger partial charge in [0.15, 0.2) is 0 Å². The molecular formula is C18H33NO. The third-order valence-corrected chi connectivity index (χ3v) is 3.32. The molecule has 0 radical (unpaired) electrons. The average molecular weight is 279 g/mol. The number of hydrogen-bond donors (Lipinski definition) is 1. The quantitative estimate of drug-likeness (QED) is 0.590. The van der Waals surface area contributed by atoms with E-state index in [1.807, 2.05) is 25.1 Å². The molecular weight excluding hydrogens is 246 g/mol. The van der Waals surface area contributed by atoms with Crippen LogP contribution in [0.1, 0.15) is 76.8 Å². The first-order valence-electron chi connectivity index (χ1n) is 8.29. The van der Waals surface area contributed by atoms with Gasteiger partial charge in [-0.1, -0.05) is 70.8 Å². The van der Waals surface area contributed by atoms with Crippen LogP contribution >= 0.6 is 0 Å². The Kier molecular flexibility index (Phi) is 15.4. The van der Waals surface area contributed by atoms with E-state index in [1.165, 1.54) is 57.8 Å². The lowest BCUT2D eigenvalue weighted by atomic mass is 10.1. The van der Waals surface area contributed by atoms with E-state index in [0.29, 0.717) is 6.61 Å². The number of hydrogen-bond acceptors (Lipinski definition) is 2. The van der Waals surface area contributed by atoms with Crippen molar-refractivity contribution >= 4 is 0 Å². The van der Waals surface area contributed by atoms with Crippen molar-refractivity contribution in [3.63, 3.8) is 0 Å². The van der Waals surface area contributed by atoms with Crippen LogP contribution < -0.4 is 0 Å². The van der Waals surface area contributed by atoms with Crippen molar-refractivity contribution in [3.8, 4) is 0 Å². The second-order valence-corrected chi connectivity index (χ2v) is 5.38. The summed E-state index contributed by atoms with van der Waals surface area (Å²) in [7, 11) is 0. The standard InChI is InChI=1S/C12H26O.C6H7N/c1-2-3-4-5-6-7-8-9-10-11-12-13;1-6-4-2-3-5-7-6/h13H,2-12H2,1H3;2-5H,1H3. The predicted octanol–water partition coefficient (Wildman–Crippen LogP) is 5.29. The second-order valence-electron chi connectivity index (χ2n) is 5.38. The van der Waals surface area contributed by atoms with Crippen molar-refractivity contribution in [2.45, 2.75) is 78.1 Å². The summed E-state index contributed by atoms with van der Waals surface area (Å²) in [4.78, 5) is 3.98. The molecule has 116 valence electrons. The molecule has 0 amide bonds. The minimum Gasteiger partial charge on any atom is -0.396 e. The minimum absolute atomic E-state index is 0.372. The Balaban J connectivity index is 0.000000428. The molecule has 0 aliphatic carbocycles. The molecule has 1 aromatic rings. The van der Waals surface area contributed by atoms with Gasteiger partial charge >= 0.3 is 0 Å². The Bertz CT molecular complexity index is 264. The van der Waals surface area contributed by atoms with Gasteiger partial charge in [-0.3, -0.25) is 4.98 Å². The first-order chi connectivity index (χ1) is 9.81. The summed E-state index contributed by atoms with van der Waals surface area (Å²) >= 11 is 0. The number of aromatic nitrogens is 1. The number of aliphatic hydroxyl groups excluding tert-OH is 1. The van der Waals surface area contributed by atoms with E-state index in [1.54, 1.807) is 6.20 Å². The number of aliphatic hydroxyl groups is 1. The van der Waals surface area contributed by atoms with E-state index in [-0.39, 0.29) is 0 Å². The highest BCUT2D eigenvalue weighted by Crippen LogP contribution is 2.09. The van der Waals surface area contributed by atoms with Gasteiger partial charge in [0.25, 0.3) is 0 Å². The third-order valence-electron chi connectivity index (χ3n) is 3.32. The normalized spacial score (nSPS) is 9.95. The smallest absolute Gasteiger partial charge is 0.0431 e. The molecule has 1 heterocycles. The maximum atomic E-state index is 8.57. The van der Waals surface area contributed by atoms with Crippen molar-refractivity contribution in [1.82, 2.24) is 4.98 Å². The highest BCUT2D eigenvalue weighted by atomic mass is 16.2. The van der Waals surface area contributed by atoms with Crippen LogP contribution in [0.5, 0.6) is 0 Å². The SMILES string of the molecule is CCCCCCCCCCCCO.Cc1ccccn1. The molecule has 0 fully saturated rings. The summed E-state index contributed by atoms with van der Waals surface area (Å²) in [5.74, 6) is 0. The van der Waals surface area contributed by atoms with Crippen LogP contribution in [0.25, 0.3) is 0 Å². The fraction of sp³-hybridized carbons (Fsp3) is 0.722. The minimum atomic E-state index is 0.372. The monoisotopic (exact) mass is 279 g/mol. The summed E-state index contributed by atoms with van der Waals surface area (Å²) in [5.41, 5.74) is 1.07. The zero-order valence-electron chi connectivity index (χ0n) is 13.5. The molecule has 0 aliphatic heterocycles. The molecule has 0 aliphatic rings. The van der Waals surface area contributed by atoms with E-state index in [0.717, 1.165) is 12.1 Å². The van der Waals surface area contributed by atoms with Crippen LogP contribution in [0.3, 0.4) is 0 Å². The van der Waals surface area contributed by atoms with Gasteiger partial charge in [0.1, 0.15) is 0 Å². The molecule has 0 atom stereocenters. The fourth-order valence-corrected chi connectivity index (χ4v) is 2.05. The molecule has 0 bridgehead atoms. The van der Waals surface area contributed by atoms with E-state index in [9.17, 15) is 0 Å². The third kappa shape index (κ3) is 15.2. The topological polar surface area (TPSA) is 33.1 Å². The average Bonchev–Trinajstić information content (AvgIpc) is 2.47. The van der Waals surface area contributed by atoms with Crippen molar-refractivity contribution in [3.05, 3.63) is 30.1 Å². The lowest BCUT2D eigenvalue weighted by Crippen LogP contribution is -1.84. The van der Waals surface area contributed by atoms with Gasteiger partial charge in [0, 0.05) is 18.5 Å². The van der Waals surface area contributed by atoms with Crippen molar-refractivity contribution in [2.75, 3.05) is 6.61 Å². The number of pyridine rings is 1. The zero-order valence-corrected chi connectivity index (χ0v) is 13.5. The summed E-state index contributed by atoms with van der Waals surface area (Å²) in [6.45, 7) is 4.60. The van der Waals surface area contributed by atoms with Gasteiger partial charge in [-0.2, -0.15) is 0 Å². The molecule has 2 heteroatoms. The molecule has 1 aromatic heterocycles. The Morgan fingerprint density at radius 2 is 1.40 bits per heavy atom. The van der Waals surface area contributed by atoms with Crippen LogP contribution in [0.15, 0.2) is 24.4 Å². The molecule has 0 saturated carbocycles. The van der Waals surface area contributed by atoms with Crippen LogP contribution in [-0.2, 0) is 0 Å². The summed E-state index contributed by atoms with van der Waals surface area (Å²) in [5, 5.41) is 8.57. The Morgan fingerprint density at radius 3 is 1.75 bits per heavy atom. The van der Waals surface area contributed by atoms with Gasteiger partial charge in [-0.05, 0) is 25.5 Å². The lowest BCUT2D eigenvalue weighted by Gasteiger charge is -2.00. The Labute approximate surface area is 125 Å². The summed E-state index contributed by atoms with van der Waals surface area (Å²) < 4.78 is 0. The van der Waals surface area contributed by atoms with Gasteiger partial charge in [-0.25, -0.2) is 0 Å². The molecule has 0 spiro atoms. The molecule has 0 saturated heterocycles. The lowest BCUT2D eigenvalue weighted by molar-refractivity contribution is 0.282. The predicted molar refractivity (Wildman–Crippen MR) is 87.9 cm³/mol. The largest absolute Gasteiger partial charge is 0.396 e. The van der Waals surface area contributed by atoms with Crippen LogP contribution in [0.2, 0.25) is 0 Å². The highest BCUT2D eigenvalue weighted by Gasteiger charge is 1.91.